The Morgan fingerprint density at radius 3 is 1.74 bits per heavy atom. The summed E-state index contributed by atoms with van der Waals surface area (Å²) in [4.78, 5) is 35.6. The van der Waals surface area contributed by atoms with Gasteiger partial charge in [-0.1, -0.05) is 86.8 Å². The Labute approximate surface area is 250 Å². The van der Waals surface area contributed by atoms with E-state index >= 15 is 0 Å². The van der Waals surface area contributed by atoms with Crippen molar-refractivity contribution in [3.05, 3.63) is 96.7 Å². The molecule has 5 N–H and O–H groups in total. The number of carboxylic acids is 1. The van der Waals surface area contributed by atoms with Crippen molar-refractivity contribution in [2.45, 2.75) is 65.2 Å². The van der Waals surface area contributed by atoms with Gasteiger partial charge in [-0.2, -0.15) is 0 Å². The lowest BCUT2D eigenvalue weighted by atomic mass is 10.0. The first-order valence-corrected chi connectivity index (χ1v) is 14.7. The summed E-state index contributed by atoms with van der Waals surface area (Å²) >= 11 is 0. The second-order valence-electron chi connectivity index (χ2n) is 9.47. The molecule has 1 unspecified atom stereocenters. The molecule has 1 aromatic carbocycles. The van der Waals surface area contributed by atoms with Crippen molar-refractivity contribution in [2.24, 2.45) is 5.92 Å². The lowest BCUT2D eigenvalue weighted by Crippen LogP contribution is -2.38. The van der Waals surface area contributed by atoms with Crippen LogP contribution < -0.4 is 16.0 Å². The van der Waals surface area contributed by atoms with E-state index in [-0.39, 0.29) is 41.9 Å². The Bertz CT molecular complexity index is 1130. The van der Waals surface area contributed by atoms with Gasteiger partial charge in [-0.05, 0) is 69.6 Å². The van der Waals surface area contributed by atoms with E-state index in [2.05, 4.69) is 89.7 Å². The van der Waals surface area contributed by atoms with Crippen molar-refractivity contribution in [1.29, 1.82) is 0 Å². The van der Waals surface area contributed by atoms with Gasteiger partial charge in [0, 0.05) is 24.7 Å². The number of anilines is 1. The van der Waals surface area contributed by atoms with Crippen LogP contribution in [-0.2, 0) is 4.79 Å². The first-order chi connectivity index (χ1) is 20.4. The Morgan fingerprint density at radius 2 is 1.24 bits per heavy atom. The number of nitrogens with one attached hydrogen (secondary N) is 3. The van der Waals surface area contributed by atoms with Gasteiger partial charge in [0.25, 0.3) is 0 Å². The highest BCUT2D eigenvalue weighted by Gasteiger charge is 2.14. The predicted molar refractivity (Wildman–Crippen MR) is 172 cm³/mol. The number of benzene rings is 1. The highest BCUT2D eigenvalue weighted by molar-refractivity contribution is 5.95. The van der Waals surface area contributed by atoms with E-state index in [1.807, 2.05) is 13.0 Å². The van der Waals surface area contributed by atoms with E-state index in [0.717, 1.165) is 38.5 Å². The third kappa shape index (κ3) is 17.4. The highest BCUT2D eigenvalue weighted by Crippen LogP contribution is 2.21. The number of allylic oxidation sites excluding steroid dienone is 12. The first kappa shape index (κ1) is 35.7. The average Bonchev–Trinajstić information content (AvgIpc) is 2.97. The maximum absolute atomic E-state index is 12.5. The van der Waals surface area contributed by atoms with Crippen molar-refractivity contribution in [3.63, 3.8) is 0 Å². The second kappa shape index (κ2) is 23.4. The molecule has 0 fully saturated rings. The summed E-state index contributed by atoms with van der Waals surface area (Å²) in [5.74, 6) is -1.89. The monoisotopic (exact) mass is 577 g/mol. The molecule has 228 valence electrons. The molecule has 0 saturated carbocycles. The number of aromatic hydroxyl groups is 1. The number of phenols is 1. The quantitative estimate of drug-likeness (QED) is 0.0625. The molecule has 1 rings (SSSR count). The minimum absolute atomic E-state index is 0.0659. The summed E-state index contributed by atoms with van der Waals surface area (Å²) in [7, 11) is 0. The lowest BCUT2D eigenvalue weighted by molar-refractivity contribution is -0.124. The minimum Gasteiger partial charge on any atom is -0.507 e. The van der Waals surface area contributed by atoms with Gasteiger partial charge in [0.1, 0.15) is 11.3 Å². The maximum atomic E-state index is 12.5. The third-order valence-corrected chi connectivity index (χ3v) is 6.08. The number of hydrogen-bond donors (Lipinski definition) is 5. The number of hydrogen-bond acceptors (Lipinski definition) is 4. The molecule has 42 heavy (non-hydrogen) atoms. The molecule has 8 nitrogen and oxygen atoms in total. The zero-order valence-corrected chi connectivity index (χ0v) is 24.9. The van der Waals surface area contributed by atoms with Gasteiger partial charge in [0.15, 0.2) is 0 Å². The molecule has 0 aliphatic rings. The predicted octanol–water partition coefficient (Wildman–Crippen LogP) is 7.44. The van der Waals surface area contributed by atoms with Crippen LogP contribution in [-0.4, -0.2) is 41.2 Å². The average molecular weight is 578 g/mol. The van der Waals surface area contributed by atoms with Crippen molar-refractivity contribution < 1.29 is 24.6 Å². The van der Waals surface area contributed by atoms with Gasteiger partial charge < -0.3 is 26.2 Å². The van der Waals surface area contributed by atoms with E-state index in [4.69, 9.17) is 5.11 Å². The summed E-state index contributed by atoms with van der Waals surface area (Å²) in [5.41, 5.74) is -0.0771. The molecule has 0 bridgehead atoms. The van der Waals surface area contributed by atoms with E-state index in [1.54, 1.807) is 0 Å². The van der Waals surface area contributed by atoms with Crippen LogP contribution in [0.4, 0.5) is 10.5 Å². The van der Waals surface area contributed by atoms with Gasteiger partial charge >= 0.3 is 12.0 Å². The zero-order chi connectivity index (χ0) is 30.8. The Balaban J connectivity index is 2.18. The van der Waals surface area contributed by atoms with Gasteiger partial charge in [0.05, 0.1) is 0 Å². The largest absolute Gasteiger partial charge is 0.507 e. The minimum atomic E-state index is -1.30. The smallest absolute Gasteiger partial charge is 0.339 e. The molecular weight excluding hydrogens is 530 g/mol. The summed E-state index contributed by atoms with van der Waals surface area (Å²) in [6.45, 7) is 4.58. The second-order valence-corrected chi connectivity index (χ2v) is 9.47. The molecule has 0 aromatic heterocycles. The number of amides is 3. The van der Waals surface area contributed by atoms with Crippen molar-refractivity contribution in [3.8, 4) is 5.75 Å². The standard InChI is InChI=1S/C34H47N3O5/c1-3-5-6-7-8-9-10-11-12-13-14-15-16-17-18-19-20-21-22-28(4-2)32(39)35-25-26-36-34(42)37-29-23-24-31(38)30(27-29)33(40)41/h5-6,8-9,11-12,14-15,17-18,20-21,23-24,27-28,38H,3-4,7,10,13,16,19,22,25-26H2,1-2H3,(H,35,39)(H,40,41)(H2,36,37,42). The zero-order valence-electron chi connectivity index (χ0n) is 24.9. The molecule has 0 aliphatic carbocycles. The van der Waals surface area contributed by atoms with Crippen LogP contribution in [0.1, 0.15) is 75.6 Å². The fourth-order valence-corrected chi connectivity index (χ4v) is 3.71. The van der Waals surface area contributed by atoms with Crippen LogP contribution in [0.3, 0.4) is 0 Å². The lowest BCUT2D eigenvalue weighted by Gasteiger charge is -2.14. The topological polar surface area (TPSA) is 128 Å². The maximum Gasteiger partial charge on any atom is 0.339 e. The molecule has 0 spiro atoms. The van der Waals surface area contributed by atoms with E-state index in [0.29, 0.717) is 12.8 Å². The number of carbonyl (C=O) groups excluding carboxylic acids is 2. The third-order valence-electron chi connectivity index (χ3n) is 6.08. The molecular formula is C34H47N3O5. The van der Waals surface area contributed by atoms with Crippen molar-refractivity contribution >= 4 is 23.6 Å². The van der Waals surface area contributed by atoms with Crippen molar-refractivity contribution in [1.82, 2.24) is 10.6 Å². The molecule has 0 heterocycles. The molecule has 0 aliphatic heterocycles. The SMILES string of the molecule is CCC=CCC=CCC=CCC=CCC=CCC=CCC(CC)C(=O)NCCNC(=O)Nc1ccc(O)c(C(=O)O)c1. The Morgan fingerprint density at radius 1 is 0.738 bits per heavy atom. The first-order valence-electron chi connectivity index (χ1n) is 14.7. The molecule has 0 radical (unpaired) electrons. The summed E-state index contributed by atoms with van der Waals surface area (Å²) < 4.78 is 0. The summed E-state index contributed by atoms with van der Waals surface area (Å²) in [6, 6.07) is 3.21. The highest BCUT2D eigenvalue weighted by atomic mass is 16.4. The molecule has 0 saturated heterocycles. The Kier molecular flexibility index (Phi) is 19.9. The molecule has 3 amide bonds. The fraction of sp³-hybridized carbons (Fsp3) is 0.382. The summed E-state index contributed by atoms with van der Waals surface area (Å²) in [5, 5.41) is 26.5. The fourth-order valence-electron chi connectivity index (χ4n) is 3.71. The molecule has 1 atom stereocenters. The van der Waals surface area contributed by atoms with Crippen molar-refractivity contribution in [2.75, 3.05) is 18.4 Å². The van der Waals surface area contributed by atoms with Gasteiger partial charge in [-0.15, -0.1) is 0 Å². The molecule has 1 aromatic rings. The van der Waals surface area contributed by atoms with Gasteiger partial charge in [-0.3, -0.25) is 4.79 Å². The van der Waals surface area contributed by atoms with Crippen LogP contribution >= 0.6 is 0 Å². The number of rotatable bonds is 20. The normalized spacial score (nSPS) is 12.8. The Hall–Kier alpha value is -4.33. The number of urea groups is 1. The van der Waals surface area contributed by atoms with Crippen LogP contribution in [0.25, 0.3) is 0 Å². The molecule has 8 heteroatoms. The van der Waals surface area contributed by atoms with E-state index in [1.165, 1.54) is 18.2 Å². The van der Waals surface area contributed by atoms with Crippen LogP contribution in [0.2, 0.25) is 0 Å². The number of carboxylic acid groups (broad SMARTS) is 1. The van der Waals surface area contributed by atoms with Crippen LogP contribution in [0.15, 0.2) is 91.1 Å². The number of carbonyl (C=O) groups is 3. The van der Waals surface area contributed by atoms with Gasteiger partial charge in [-0.25, -0.2) is 9.59 Å². The van der Waals surface area contributed by atoms with Crippen LogP contribution in [0, 0.1) is 5.92 Å². The van der Waals surface area contributed by atoms with Gasteiger partial charge in [0.2, 0.25) is 5.91 Å². The summed E-state index contributed by atoms with van der Waals surface area (Å²) in [6.07, 6.45) is 32.9. The van der Waals surface area contributed by atoms with Crippen LogP contribution in [0.5, 0.6) is 5.75 Å². The van der Waals surface area contributed by atoms with E-state index < -0.39 is 12.0 Å². The van der Waals surface area contributed by atoms with E-state index in [9.17, 15) is 19.5 Å². The number of aromatic carboxylic acids is 1.